The molecule has 1 saturated heterocycles. The summed E-state index contributed by atoms with van der Waals surface area (Å²) in [5, 5.41) is 0.361. The summed E-state index contributed by atoms with van der Waals surface area (Å²) in [6, 6.07) is 15.9. The van der Waals surface area contributed by atoms with E-state index in [1.54, 1.807) is 49.4 Å². The summed E-state index contributed by atoms with van der Waals surface area (Å²) in [5.41, 5.74) is 0.525. The third-order valence-electron chi connectivity index (χ3n) is 6.78. The summed E-state index contributed by atoms with van der Waals surface area (Å²) in [4.78, 5) is 22.0. The second-order valence-electron chi connectivity index (χ2n) is 9.46. The van der Waals surface area contributed by atoms with E-state index in [1.807, 2.05) is 6.92 Å². The minimum Gasteiger partial charge on any atom is -0.451 e. The van der Waals surface area contributed by atoms with Crippen molar-refractivity contribution in [3.63, 3.8) is 0 Å². The molecule has 0 bridgehead atoms. The molecule has 3 heterocycles. The second kappa shape index (κ2) is 11.4. The Morgan fingerprint density at radius 1 is 1.12 bits per heavy atom. The van der Waals surface area contributed by atoms with Gasteiger partial charge >= 0.3 is 6.61 Å². The zero-order valence-electron chi connectivity index (χ0n) is 22.3. The number of pyridine rings is 2. The minimum absolute atomic E-state index is 0.105. The number of aromatic nitrogens is 2. The van der Waals surface area contributed by atoms with Crippen LogP contribution in [0.25, 0.3) is 10.9 Å². The lowest BCUT2D eigenvalue weighted by molar-refractivity contribution is -0.140. The van der Waals surface area contributed by atoms with Gasteiger partial charge in [0.1, 0.15) is 5.75 Å². The first-order valence-electron chi connectivity index (χ1n) is 12.9. The molecule has 0 aliphatic carbocycles. The maximum Gasteiger partial charge on any atom is 0.388 e. The normalized spacial score (nSPS) is 17.1. The first-order valence-corrected chi connectivity index (χ1v) is 14.4. The maximum atomic E-state index is 13.9. The molecule has 0 spiro atoms. The van der Waals surface area contributed by atoms with E-state index in [9.17, 15) is 22.0 Å². The van der Waals surface area contributed by atoms with E-state index in [0.717, 1.165) is 5.56 Å². The van der Waals surface area contributed by atoms with Gasteiger partial charge in [-0.15, -0.1) is 0 Å². The number of hydrogen-bond donors (Lipinski definition) is 1. The average molecular weight is 584 g/mol. The van der Waals surface area contributed by atoms with Crippen molar-refractivity contribution in [3.8, 4) is 17.4 Å². The number of nitrogens with one attached hydrogen (secondary N) is 1. The van der Waals surface area contributed by atoms with Crippen LogP contribution in [0.2, 0.25) is 0 Å². The van der Waals surface area contributed by atoms with Crippen molar-refractivity contribution in [2.75, 3.05) is 6.61 Å². The summed E-state index contributed by atoms with van der Waals surface area (Å²) < 4.78 is 71.8. The Hall–Kier alpha value is -4.16. The SMILES string of the molecule is CCc1ccc(Oc2cccnc2OC(F)F)c(C2(C(=O)NS(=O)(=O)c3cccc4nc(C)ccc34)CCCO2)c1. The monoisotopic (exact) mass is 583 g/mol. The van der Waals surface area contributed by atoms with E-state index in [2.05, 4.69) is 19.4 Å². The molecule has 41 heavy (non-hydrogen) atoms. The molecule has 9 nitrogen and oxygen atoms in total. The molecule has 2 aromatic heterocycles. The van der Waals surface area contributed by atoms with Crippen LogP contribution in [0.5, 0.6) is 17.4 Å². The Morgan fingerprint density at radius 3 is 2.68 bits per heavy atom. The Bertz CT molecular complexity index is 1710. The van der Waals surface area contributed by atoms with Gasteiger partial charge in [-0.05, 0) is 80.3 Å². The van der Waals surface area contributed by atoms with Crippen LogP contribution in [-0.2, 0) is 31.6 Å². The van der Waals surface area contributed by atoms with E-state index in [1.165, 1.54) is 24.4 Å². The van der Waals surface area contributed by atoms with Crippen molar-refractivity contribution in [1.82, 2.24) is 14.7 Å². The molecule has 1 unspecified atom stereocenters. The van der Waals surface area contributed by atoms with Crippen molar-refractivity contribution in [2.45, 2.75) is 50.2 Å². The van der Waals surface area contributed by atoms with Crippen LogP contribution in [-0.4, -0.2) is 37.5 Å². The summed E-state index contributed by atoms with van der Waals surface area (Å²) >= 11 is 0. The smallest absolute Gasteiger partial charge is 0.388 e. The van der Waals surface area contributed by atoms with Crippen LogP contribution in [0.4, 0.5) is 8.78 Å². The topological polar surface area (TPSA) is 117 Å². The van der Waals surface area contributed by atoms with Crippen LogP contribution >= 0.6 is 0 Å². The van der Waals surface area contributed by atoms with Crippen LogP contribution in [0.1, 0.15) is 36.6 Å². The molecular formula is C29H27F2N3O6S. The largest absolute Gasteiger partial charge is 0.451 e. The average Bonchev–Trinajstić information content (AvgIpc) is 3.45. The van der Waals surface area contributed by atoms with Gasteiger partial charge in [0.25, 0.3) is 21.8 Å². The predicted molar refractivity (Wildman–Crippen MR) is 145 cm³/mol. The molecule has 12 heteroatoms. The number of aryl methyl sites for hydroxylation is 2. The number of alkyl halides is 2. The number of carbonyl (C=O) groups is 1. The highest BCUT2D eigenvalue weighted by Gasteiger charge is 2.48. The number of rotatable bonds is 9. The Balaban J connectivity index is 1.56. The van der Waals surface area contributed by atoms with E-state index in [0.29, 0.717) is 29.4 Å². The first-order chi connectivity index (χ1) is 19.6. The molecular weight excluding hydrogens is 556 g/mol. The van der Waals surface area contributed by atoms with E-state index in [4.69, 9.17) is 9.47 Å². The van der Waals surface area contributed by atoms with Gasteiger partial charge < -0.3 is 14.2 Å². The van der Waals surface area contributed by atoms with Crippen molar-refractivity contribution in [2.24, 2.45) is 0 Å². The van der Waals surface area contributed by atoms with Crippen molar-refractivity contribution in [1.29, 1.82) is 0 Å². The lowest BCUT2D eigenvalue weighted by atomic mass is 9.88. The van der Waals surface area contributed by atoms with Gasteiger partial charge in [-0.2, -0.15) is 8.78 Å². The van der Waals surface area contributed by atoms with Crippen molar-refractivity contribution in [3.05, 3.63) is 83.7 Å². The molecule has 1 fully saturated rings. The van der Waals surface area contributed by atoms with Crippen LogP contribution in [0, 0.1) is 6.92 Å². The number of hydrogen-bond acceptors (Lipinski definition) is 8. The van der Waals surface area contributed by atoms with E-state index in [-0.39, 0.29) is 35.0 Å². The highest BCUT2D eigenvalue weighted by atomic mass is 32.2. The van der Waals surface area contributed by atoms with Crippen LogP contribution in [0.15, 0.2) is 71.8 Å². The number of amides is 1. The zero-order chi connectivity index (χ0) is 29.2. The molecule has 2 aromatic carbocycles. The molecule has 5 rings (SSSR count). The summed E-state index contributed by atoms with van der Waals surface area (Å²) in [6.45, 7) is 0.760. The minimum atomic E-state index is -4.36. The number of carbonyl (C=O) groups excluding carboxylic acids is 1. The number of sulfonamides is 1. The Labute approximate surface area is 235 Å². The first kappa shape index (κ1) is 28.4. The highest BCUT2D eigenvalue weighted by Crippen LogP contribution is 2.44. The highest BCUT2D eigenvalue weighted by molar-refractivity contribution is 7.90. The lowest BCUT2D eigenvalue weighted by Crippen LogP contribution is -2.46. The summed E-state index contributed by atoms with van der Waals surface area (Å²) in [7, 11) is -4.36. The third kappa shape index (κ3) is 5.70. The fourth-order valence-corrected chi connectivity index (χ4v) is 6.06. The Morgan fingerprint density at radius 2 is 1.95 bits per heavy atom. The number of ether oxygens (including phenoxy) is 3. The van der Waals surface area contributed by atoms with Crippen molar-refractivity contribution >= 4 is 26.8 Å². The molecule has 1 atom stereocenters. The molecule has 1 amide bonds. The molecule has 4 aromatic rings. The number of halogens is 2. The van der Waals surface area contributed by atoms with Gasteiger partial charge in [-0.1, -0.05) is 19.1 Å². The maximum absolute atomic E-state index is 13.9. The van der Waals surface area contributed by atoms with E-state index < -0.39 is 34.0 Å². The second-order valence-corrected chi connectivity index (χ2v) is 11.1. The zero-order valence-corrected chi connectivity index (χ0v) is 23.1. The molecule has 0 saturated carbocycles. The fraction of sp³-hybridized carbons (Fsp3) is 0.276. The predicted octanol–water partition coefficient (Wildman–Crippen LogP) is 5.41. The van der Waals surface area contributed by atoms with E-state index >= 15 is 0 Å². The number of benzene rings is 2. The quantitative estimate of drug-likeness (QED) is 0.278. The van der Waals surface area contributed by atoms with Gasteiger partial charge in [-0.3, -0.25) is 9.78 Å². The van der Waals surface area contributed by atoms with Gasteiger partial charge in [-0.25, -0.2) is 18.1 Å². The lowest BCUT2D eigenvalue weighted by Gasteiger charge is -2.29. The Kier molecular flexibility index (Phi) is 7.87. The van der Waals surface area contributed by atoms with Crippen molar-refractivity contribution < 1.29 is 36.2 Å². The van der Waals surface area contributed by atoms with Gasteiger partial charge in [0.05, 0.1) is 10.4 Å². The number of fused-ring (bicyclic) bond motifs is 1. The van der Waals surface area contributed by atoms with Gasteiger partial charge in [0.15, 0.2) is 11.4 Å². The van der Waals surface area contributed by atoms with Crippen LogP contribution < -0.4 is 14.2 Å². The van der Waals surface area contributed by atoms with Gasteiger partial charge in [0, 0.05) is 29.4 Å². The fourth-order valence-electron chi connectivity index (χ4n) is 4.82. The molecule has 0 radical (unpaired) electrons. The molecule has 1 aliphatic rings. The molecule has 214 valence electrons. The third-order valence-corrected chi connectivity index (χ3v) is 8.17. The molecule has 1 N–H and O–H groups in total. The number of nitrogens with zero attached hydrogens (tertiary/aromatic N) is 2. The van der Waals surface area contributed by atoms with Crippen LogP contribution in [0.3, 0.4) is 0 Å². The van der Waals surface area contributed by atoms with Gasteiger partial charge in [0.2, 0.25) is 0 Å². The molecule has 1 aliphatic heterocycles. The standard InChI is InChI=1S/C29H27F2N3O6S/c1-3-19-11-13-23(39-24-8-5-15-32-26(24)40-28(30)31)21(17-19)29(14-6-16-38-29)27(35)34-41(36,37)25-9-4-7-22-20(25)12-10-18(2)33-22/h4-5,7-13,15,17,28H,3,6,14,16H2,1-2H3,(H,34,35). The summed E-state index contributed by atoms with van der Waals surface area (Å²) in [6.07, 6.45) is 2.49. The summed E-state index contributed by atoms with van der Waals surface area (Å²) in [5.74, 6) is -1.35.